The van der Waals surface area contributed by atoms with Crippen LogP contribution >= 0.6 is 0 Å². The normalized spacial score (nSPS) is 23.6. The molecular formula is C15H32N2. The molecule has 102 valence electrons. The molecule has 0 saturated carbocycles. The van der Waals surface area contributed by atoms with Crippen LogP contribution in [0.1, 0.15) is 65.7 Å². The van der Waals surface area contributed by atoms with Gasteiger partial charge in [0.2, 0.25) is 0 Å². The molecule has 0 aromatic rings. The lowest BCUT2D eigenvalue weighted by Crippen LogP contribution is -2.38. The number of rotatable bonds is 7. The van der Waals surface area contributed by atoms with Gasteiger partial charge in [-0.25, -0.2) is 0 Å². The van der Waals surface area contributed by atoms with Gasteiger partial charge in [0.25, 0.3) is 0 Å². The minimum Gasteiger partial charge on any atom is -0.314 e. The van der Waals surface area contributed by atoms with Crippen molar-refractivity contribution in [2.24, 2.45) is 5.92 Å². The third-order valence-corrected chi connectivity index (χ3v) is 4.21. The van der Waals surface area contributed by atoms with E-state index >= 15 is 0 Å². The van der Waals surface area contributed by atoms with E-state index in [0.717, 1.165) is 12.0 Å². The van der Waals surface area contributed by atoms with E-state index in [2.05, 4.69) is 31.4 Å². The average Bonchev–Trinajstić information content (AvgIpc) is 2.59. The summed E-state index contributed by atoms with van der Waals surface area (Å²) >= 11 is 0. The second-order valence-corrected chi connectivity index (χ2v) is 5.73. The highest BCUT2D eigenvalue weighted by atomic mass is 14.9. The van der Waals surface area contributed by atoms with Gasteiger partial charge in [-0.15, -0.1) is 0 Å². The zero-order valence-electron chi connectivity index (χ0n) is 12.1. The maximum Gasteiger partial charge on any atom is 0.00817 e. The molecule has 0 spiro atoms. The van der Waals surface area contributed by atoms with Gasteiger partial charge >= 0.3 is 0 Å². The molecule has 1 heterocycles. The maximum atomic E-state index is 3.71. The zero-order valence-corrected chi connectivity index (χ0v) is 12.1. The number of hydrogen-bond donors (Lipinski definition) is 2. The third kappa shape index (κ3) is 6.42. The Bertz CT molecular complexity index is 170. The van der Waals surface area contributed by atoms with Gasteiger partial charge in [0.05, 0.1) is 0 Å². The second kappa shape index (κ2) is 8.93. The van der Waals surface area contributed by atoms with E-state index in [0.29, 0.717) is 6.04 Å². The predicted molar refractivity (Wildman–Crippen MR) is 76.4 cm³/mol. The predicted octanol–water partition coefficient (Wildman–Crippen LogP) is 3.32. The Morgan fingerprint density at radius 3 is 2.65 bits per heavy atom. The molecule has 0 amide bonds. The molecule has 2 heteroatoms. The van der Waals surface area contributed by atoms with Crippen molar-refractivity contribution in [3.63, 3.8) is 0 Å². The van der Waals surface area contributed by atoms with Crippen molar-refractivity contribution in [1.82, 2.24) is 10.6 Å². The Labute approximate surface area is 108 Å². The topological polar surface area (TPSA) is 24.1 Å². The van der Waals surface area contributed by atoms with E-state index in [1.54, 1.807) is 0 Å². The lowest BCUT2D eigenvalue weighted by atomic mass is 10.0. The van der Waals surface area contributed by atoms with E-state index in [-0.39, 0.29) is 0 Å². The molecule has 17 heavy (non-hydrogen) atoms. The Hall–Kier alpha value is -0.0800. The molecule has 0 aliphatic carbocycles. The number of hydrogen-bond acceptors (Lipinski definition) is 2. The van der Waals surface area contributed by atoms with E-state index in [1.165, 1.54) is 58.0 Å². The highest BCUT2D eigenvalue weighted by Crippen LogP contribution is 2.13. The van der Waals surface area contributed by atoms with E-state index < -0.39 is 0 Å². The van der Waals surface area contributed by atoms with Crippen LogP contribution in [0.3, 0.4) is 0 Å². The summed E-state index contributed by atoms with van der Waals surface area (Å²) < 4.78 is 0. The Balaban J connectivity index is 2.16. The van der Waals surface area contributed by atoms with Crippen LogP contribution in [0.15, 0.2) is 0 Å². The number of nitrogens with one attached hydrogen (secondary N) is 2. The molecule has 1 fully saturated rings. The zero-order chi connectivity index (χ0) is 12.5. The van der Waals surface area contributed by atoms with Crippen molar-refractivity contribution in [2.45, 2.75) is 77.8 Å². The molecule has 1 saturated heterocycles. The van der Waals surface area contributed by atoms with Crippen LogP contribution in [-0.2, 0) is 0 Å². The summed E-state index contributed by atoms with van der Waals surface area (Å²) in [7, 11) is 0. The highest BCUT2D eigenvalue weighted by Gasteiger charge is 2.15. The molecule has 2 unspecified atom stereocenters. The first-order valence-electron chi connectivity index (χ1n) is 7.73. The van der Waals surface area contributed by atoms with E-state index in [4.69, 9.17) is 0 Å². The molecule has 1 aliphatic heterocycles. The van der Waals surface area contributed by atoms with Gasteiger partial charge < -0.3 is 10.6 Å². The van der Waals surface area contributed by atoms with Gasteiger partial charge in [0, 0.05) is 12.1 Å². The van der Waals surface area contributed by atoms with Crippen molar-refractivity contribution in [3.8, 4) is 0 Å². The first kappa shape index (κ1) is 15.0. The highest BCUT2D eigenvalue weighted by molar-refractivity contribution is 4.76. The van der Waals surface area contributed by atoms with Crippen LogP contribution in [0.5, 0.6) is 0 Å². The van der Waals surface area contributed by atoms with E-state index in [1.807, 2.05) is 0 Å². The van der Waals surface area contributed by atoms with Crippen LogP contribution in [0, 0.1) is 5.92 Å². The van der Waals surface area contributed by atoms with Gasteiger partial charge in [-0.1, -0.05) is 39.5 Å². The van der Waals surface area contributed by atoms with Gasteiger partial charge in [-0.2, -0.15) is 0 Å². The summed E-state index contributed by atoms with van der Waals surface area (Å²) in [5.41, 5.74) is 0. The third-order valence-electron chi connectivity index (χ3n) is 4.21. The second-order valence-electron chi connectivity index (χ2n) is 5.73. The van der Waals surface area contributed by atoms with Crippen molar-refractivity contribution < 1.29 is 0 Å². The quantitative estimate of drug-likeness (QED) is 0.713. The first-order chi connectivity index (χ1) is 8.26. The smallest absolute Gasteiger partial charge is 0.00817 e. The molecule has 1 aliphatic rings. The fourth-order valence-electron chi connectivity index (χ4n) is 2.76. The lowest BCUT2D eigenvalue weighted by molar-refractivity contribution is 0.367. The Morgan fingerprint density at radius 2 is 1.94 bits per heavy atom. The van der Waals surface area contributed by atoms with Gasteiger partial charge in [-0.05, 0) is 45.2 Å². The fraction of sp³-hybridized carbons (Fsp3) is 1.00. The van der Waals surface area contributed by atoms with Crippen molar-refractivity contribution in [2.75, 3.05) is 13.1 Å². The Morgan fingerprint density at radius 1 is 1.18 bits per heavy atom. The summed E-state index contributed by atoms with van der Waals surface area (Å²) in [4.78, 5) is 0. The Kier molecular flexibility index (Phi) is 7.87. The lowest BCUT2D eigenvalue weighted by Gasteiger charge is -2.23. The van der Waals surface area contributed by atoms with Crippen molar-refractivity contribution in [1.29, 1.82) is 0 Å². The van der Waals surface area contributed by atoms with Gasteiger partial charge in [-0.3, -0.25) is 0 Å². The SMILES string of the molecule is CCC(CC)CNC(C)CC1CCCCCN1. The fourth-order valence-corrected chi connectivity index (χ4v) is 2.76. The average molecular weight is 240 g/mol. The molecule has 0 bridgehead atoms. The van der Waals surface area contributed by atoms with Gasteiger partial charge in [0.15, 0.2) is 0 Å². The molecule has 0 radical (unpaired) electrons. The van der Waals surface area contributed by atoms with E-state index in [9.17, 15) is 0 Å². The van der Waals surface area contributed by atoms with Crippen LogP contribution in [-0.4, -0.2) is 25.2 Å². The summed E-state index contributed by atoms with van der Waals surface area (Å²) in [6.07, 6.45) is 9.47. The monoisotopic (exact) mass is 240 g/mol. The standard InChI is InChI=1S/C15H32N2/c1-4-14(5-2)12-17-13(3)11-15-9-7-6-8-10-16-15/h13-17H,4-12H2,1-3H3. The maximum absolute atomic E-state index is 3.71. The minimum atomic E-state index is 0.659. The van der Waals surface area contributed by atoms with Gasteiger partial charge in [0.1, 0.15) is 0 Å². The molecule has 2 nitrogen and oxygen atoms in total. The van der Waals surface area contributed by atoms with Crippen LogP contribution in [0.4, 0.5) is 0 Å². The largest absolute Gasteiger partial charge is 0.314 e. The summed E-state index contributed by atoms with van der Waals surface area (Å²) in [6, 6.07) is 1.41. The molecule has 2 N–H and O–H groups in total. The molecule has 0 aromatic heterocycles. The summed E-state index contributed by atoms with van der Waals surface area (Å²) in [5, 5.41) is 7.40. The van der Waals surface area contributed by atoms with Crippen LogP contribution in [0.2, 0.25) is 0 Å². The first-order valence-corrected chi connectivity index (χ1v) is 7.73. The molecule has 0 aromatic carbocycles. The molecular weight excluding hydrogens is 208 g/mol. The minimum absolute atomic E-state index is 0.659. The molecule has 2 atom stereocenters. The van der Waals surface area contributed by atoms with Crippen molar-refractivity contribution in [3.05, 3.63) is 0 Å². The van der Waals surface area contributed by atoms with Crippen LogP contribution in [0.25, 0.3) is 0 Å². The van der Waals surface area contributed by atoms with Crippen molar-refractivity contribution >= 4 is 0 Å². The summed E-state index contributed by atoms with van der Waals surface area (Å²) in [5.74, 6) is 0.861. The van der Waals surface area contributed by atoms with Crippen LogP contribution < -0.4 is 10.6 Å². The molecule has 1 rings (SSSR count). The summed E-state index contributed by atoms with van der Waals surface area (Å²) in [6.45, 7) is 9.36.